The molecule has 102 valence electrons. The highest BCUT2D eigenvalue weighted by Crippen LogP contribution is 2.35. The summed E-state index contributed by atoms with van der Waals surface area (Å²) in [4.78, 5) is 12.1. The van der Waals surface area contributed by atoms with Crippen LogP contribution in [0.3, 0.4) is 0 Å². The number of ether oxygens (including phenoxy) is 1. The molecule has 1 atom stereocenters. The molecule has 3 rings (SSSR count). The van der Waals surface area contributed by atoms with E-state index in [0.717, 1.165) is 5.56 Å². The van der Waals surface area contributed by atoms with E-state index >= 15 is 0 Å². The van der Waals surface area contributed by atoms with E-state index < -0.39 is 6.10 Å². The van der Waals surface area contributed by atoms with Crippen molar-refractivity contribution in [2.45, 2.75) is 25.6 Å². The Hall–Kier alpha value is -2.13. The summed E-state index contributed by atoms with van der Waals surface area (Å²) in [6.07, 6.45) is 0.302. The summed E-state index contributed by atoms with van der Waals surface area (Å²) in [7, 11) is 0. The molecular weight excluding hydrogens is 252 g/mol. The van der Waals surface area contributed by atoms with Crippen LogP contribution in [0, 0.1) is 0 Å². The highest BCUT2D eigenvalue weighted by Gasteiger charge is 2.27. The molecule has 3 nitrogen and oxygen atoms in total. The normalized spacial score (nSPS) is 17.6. The van der Waals surface area contributed by atoms with Gasteiger partial charge >= 0.3 is 0 Å². The van der Waals surface area contributed by atoms with E-state index in [1.807, 2.05) is 36.4 Å². The Morgan fingerprint density at radius 1 is 1.10 bits per heavy atom. The Balaban J connectivity index is 1.87. The molecule has 0 fully saturated rings. The number of hydrogen-bond acceptors (Lipinski definition) is 3. The molecule has 0 aromatic heterocycles. The van der Waals surface area contributed by atoms with Crippen molar-refractivity contribution in [3.63, 3.8) is 0 Å². The van der Waals surface area contributed by atoms with Crippen molar-refractivity contribution in [3.8, 4) is 5.75 Å². The van der Waals surface area contributed by atoms with Gasteiger partial charge in [-0.3, -0.25) is 4.79 Å². The lowest BCUT2D eigenvalue weighted by Gasteiger charge is -2.22. The minimum Gasteiger partial charge on any atom is -0.488 e. The van der Waals surface area contributed by atoms with Crippen LogP contribution in [0.4, 0.5) is 0 Å². The van der Waals surface area contributed by atoms with E-state index in [9.17, 15) is 9.90 Å². The van der Waals surface area contributed by atoms with Crippen LogP contribution in [0.2, 0.25) is 0 Å². The standard InChI is InChI=1S/C17H16O3/c18-14-9-10-15(19)17-13(14)7-4-8-16(17)20-11-12-5-2-1-3-6-12/h1-8,14,18H,9-11H2. The number of fused-ring (bicyclic) bond motifs is 1. The summed E-state index contributed by atoms with van der Waals surface area (Å²) < 4.78 is 5.78. The van der Waals surface area contributed by atoms with Crippen LogP contribution in [-0.4, -0.2) is 10.9 Å². The number of carbonyl (C=O) groups excluding carboxylic acids is 1. The molecule has 1 N–H and O–H groups in total. The molecule has 1 aliphatic carbocycles. The highest BCUT2D eigenvalue weighted by molar-refractivity contribution is 6.01. The van der Waals surface area contributed by atoms with Crippen LogP contribution in [0.25, 0.3) is 0 Å². The first-order valence-corrected chi connectivity index (χ1v) is 6.76. The van der Waals surface area contributed by atoms with Gasteiger partial charge in [0.2, 0.25) is 0 Å². The summed E-state index contributed by atoms with van der Waals surface area (Å²) in [5.41, 5.74) is 2.28. The fraction of sp³-hybridized carbons (Fsp3) is 0.235. The lowest BCUT2D eigenvalue weighted by atomic mass is 9.88. The minimum atomic E-state index is -0.567. The third kappa shape index (κ3) is 2.45. The van der Waals surface area contributed by atoms with Crippen LogP contribution in [0.5, 0.6) is 5.75 Å². The van der Waals surface area contributed by atoms with Gasteiger partial charge in [-0.1, -0.05) is 42.5 Å². The largest absolute Gasteiger partial charge is 0.488 e. The first-order valence-electron chi connectivity index (χ1n) is 6.76. The molecule has 20 heavy (non-hydrogen) atoms. The van der Waals surface area contributed by atoms with Gasteiger partial charge in [0.1, 0.15) is 12.4 Å². The van der Waals surface area contributed by atoms with Crippen LogP contribution in [0.15, 0.2) is 48.5 Å². The van der Waals surface area contributed by atoms with Gasteiger partial charge in [-0.2, -0.15) is 0 Å². The zero-order chi connectivity index (χ0) is 13.9. The fourth-order valence-corrected chi connectivity index (χ4v) is 2.53. The van der Waals surface area contributed by atoms with Crippen molar-refractivity contribution < 1.29 is 14.6 Å². The van der Waals surface area contributed by atoms with E-state index in [1.54, 1.807) is 12.1 Å². The van der Waals surface area contributed by atoms with Gasteiger partial charge in [-0.15, -0.1) is 0 Å². The smallest absolute Gasteiger partial charge is 0.167 e. The number of hydrogen-bond donors (Lipinski definition) is 1. The van der Waals surface area contributed by atoms with Crippen molar-refractivity contribution in [2.24, 2.45) is 0 Å². The molecule has 0 saturated heterocycles. The Morgan fingerprint density at radius 3 is 2.70 bits per heavy atom. The van der Waals surface area contributed by atoms with Crippen molar-refractivity contribution in [3.05, 3.63) is 65.2 Å². The minimum absolute atomic E-state index is 0.0500. The highest BCUT2D eigenvalue weighted by atomic mass is 16.5. The van der Waals surface area contributed by atoms with Crippen LogP contribution >= 0.6 is 0 Å². The van der Waals surface area contributed by atoms with E-state index in [4.69, 9.17) is 4.74 Å². The fourth-order valence-electron chi connectivity index (χ4n) is 2.53. The van der Waals surface area contributed by atoms with Crippen LogP contribution in [0.1, 0.15) is 40.4 Å². The van der Waals surface area contributed by atoms with Crippen LogP contribution < -0.4 is 4.74 Å². The second-order valence-electron chi connectivity index (χ2n) is 4.97. The predicted octanol–water partition coefficient (Wildman–Crippen LogP) is 3.28. The van der Waals surface area contributed by atoms with Crippen molar-refractivity contribution in [1.29, 1.82) is 0 Å². The summed E-state index contributed by atoms with van der Waals surface area (Å²) in [5.74, 6) is 0.615. The van der Waals surface area contributed by atoms with Gasteiger partial charge in [0, 0.05) is 6.42 Å². The Bertz CT molecular complexity index is 619. The van der Waals surface area contributed by atoms with Gasteiger partial charge in [0.25, 0.3) is 0 Å². The van der Waals surface area contributed by atoms with Gasteiger partial charge in [0.05, 0.1) is 11.7 Å². The Kier molecular flexibility index (Phi) is 3.52. The number of benzene rings is 2. The molecule has 2 aromatic rings. The van der Waals surface area contributed by atoms with Crippen molar-refractivity contribution in [2.75, 3.05) is 0 Å². The Labute approximate surface area is 117 Å². The van der Waals surface area contributed by atoms with Gasteiger partial charge < -0.3 is 9.84 Å². The average molecular weight is 268 g/mol. The monoisotopic (exact) mass is 268 g/mol. The van der Waals surface area contributed by atoms with Gasteiger partial charge in [0.15, 0.2) is 5.78 Å². The number of rotatable bonds is 3. The number of ketones is 1. The zero-order valence-corrected chi connectivity index (χ0v) is 11.1. The molecule has 0 aliphatic heterocycles. The lowest BCUT2D eigenvalue weighted by Crippen LogP contribution is -2.16. The first-order chi connectivity index (χ1) is 9.75. The van der Waals surface area contributed by atoms with E-state index in [-0.39, 0.29) is 5.78 Å². The number of aliphatic hydroxyl groups excluding tert-OH is 1. The molecular formula is C17H16O3. The average Bonchev–Trinajstić information content (AvgIpc) is 2.50. The molecule has 0 amide bonds. The molecule has 0 heterocycles. The maximum Gasteiger partial charge on any atom is 0.167 e. The van der Waals surface area contributed by atoms with Gasteiger partial charge in [-0.05, 0) is 23.6 Å². The first kappa shape index (κ1) is 12.9. The SMILES string of the molecule is O=C1CCC(O)c2cccc(OCc3ccccc3)c21. The molecule has 0 saturated carbocycles. The van der Waals surface area contributed by atoms with E-state index in [2.05, 4.69) is 0 Å². The summed E-state index contributed by atoms with van der Waals surface area (Å²) in [5, 5.41) is 9.98. The summed E-state index contributed by atoms with van der Waals surface area (Å²) >= 11 is 0. The molecule has 0 radical (unpaired) electrons. The quantitative estimate of drug-likeness (QED) is 0.929. The van der Waals surface area contributed by atoms with E-state index in [1.165, 1.54) is 0 Å². The molecule has 2 aromatic carbocycles. The van der Waals surface area contributed by atoms with Crippen LogP contribution in [-0.2, 0) is 6.61 Å². The predicted molar refractivity (Wildman–Crippen MR) is 75.7 cm³/mol. The lowest BCUT2D eigenvalue weighted by molar-refractivity contribution is 0.0890. The Morgan fingerprint density at radius 2 is 1.90 bits per heavy atom. The number of carbonyl (C=O) groups is 1. The summed E-state index contributed by atoms with van der Waals surface area (Å²) in [6, 6.07) is 15.2. The maximum absolute atomic E-state index is 12.1. The number of Topliss-reactive ketones (excluding diaryl/α,β-unsaturated/α-hetero) is 1. The van der Waals surface area contributed by atoms with E-state index in [0.29, 0.717) is 36.3 Å². The number of aliphatic hydroxyl groups is 1. The molecule has 3 heteroatoms. The van der Waals surface area contributed by atoms with Gasteiger partial charge in [-0.25, -0.2) is 0 Å². The molecule has 1 aliphatic rings. The molecule has 0 bridgehead atoms. The zero-order valence-electron chi connectivity index (χ0n) is 11.1. The molecule has 1 unspecified atom stereocenters. The summed E-state index contributed by atoms with van der Waals surface area (Å²) in [6.45, 7) is 0.417. The third-order valence-corrected chi connectivity index (χ3v) is 3.58. The molecule has 0 spiro atoms. The van der Waals surface area contributed by atoms with Crippen molar-refractivity contribution in [1.82, 2.24) is 0 Å². The second kappa shape index (κ2) is 5.47. The topological polar surface area (TPSA) is 46.5 Å². The third-order valence-electron chi connectivity index (χ3n) is 3.58. The van der Waals surface area contributed by atoms with Crippen molar-refractivity contribution >= 4 is 5.78 Å². The maximum atomic E-state index is 12.1. The second-order valence-corrected chi connectivity index (χ2v) is 4.97.